The Kier molecular flexibility index (Phi) is 6.74. The lowest BCUT2D eigenvalue weighted by Gasteiger charge is -2.51. The topological polar surface area (TPSA) is 85.4 Å². The molecule has 7 nitrogen and oxygen atoms in total. The van der Waals surface area contributed by atoms with Crippen LogP contribution < -0.4 is 5.32 Å². The Morgan fingerprint density at radius 3 is 2.37 bits per heavy atom. The summed E-state index contributed by atoms with van der Waals surface area (Å²) in [6.07, 6.45) is 3.19. The number of fused-ring (bicyclic) bond motifs is 3. The minimum Gasteiger partial charge on any atom is -0.454 e. The number of carbonyl (C=O) groups excluding carboxylic acids is 3. The number of nitrogens with one attached hydrogen (secondary N) is 1. The van der Waals surface area contributed by atoms with Crippen LogP contribution in [0, 0.1) is 5.92 Å². The average Bonchev–Trinajstić information content (AvgIpc) is 3.44. The molecular weight excluding hydrogens is 462 g/mol. The Labute approximate surface area is 208 Å². The van der Waals surface area contributed by atoms with Gasteiger partial charge in [0.25, 0.3) is 5.91 Å². The second-order valence-corrected chi connectivity index (χ2v) is 10.3. The highest BCUT2D eigenvalue weighted by Gasteiger charge is 2.49. The Balaban J connectivity index is 1.31. The third kappa shape index (κ3) is 5.18. The number of ketones is 1. The Bertz CT molecular complexity index is 1180. The van der Waals surface area contributed by atoms with Crippen LogP contribution in [0.25, 0.3) is 0 Å². The fourth-order valence-electron chi connectivity index (χ4n) is 5.26. The number of aromatic nitrogens is 1. The summed E-state index contributed by atoms with van der Waals surface area (Å²) in [5, 5.41) is 5.21. The smallest absolute Gasteiger partial charge is 0.333 e. The third-order valence-corrected chi connectivity index (χ3v) is 7.95. The zero-order valence-electron chi connectivity index (χ0n) is 19.3. The normalized spacial score (nSPS) is 23.9. The quantitative estimate of drug-likeness (QED) is 0.296. The fraction of sp³-hybridized carbons (Fsp3) is 0.333. The summed E-state index contributed by atoms with van der Waals surface area (Å²) in [5.74, 6) is -0.482. The maximum atomic E-state index is 13.4. The van der Waals surface area contributed by atoms with Crippen LogP contribution in [0.5, 0.6) is 0 Å². The number of Topliss-reactive ketones (excluding diaryl/α,β-unsaturated/α-hetero) is 1. The van der Waals surface area contributed by atoms with Gasteiger partial charge < -0.3 is 14.5 Å². The molecular formula is C27H28N3O4S+. The van der Waals surface area contributed by atoms with Crippen molar-refractivity contribution in [3.63, 3.8) is 0 Å². The molecule has 0 unspecified atom stereocenters. The van der Waals surface area contributed by atoms with Gasteiger partial charge in [0, 0.05) is 35.9 Å². The maximum absolute atomic E-state index is 13.4. The monoisotopic (exact) mass is 490 g/mol. The van der Waals surface area contributed by atoms with Crippen LogP contribution in [-0.4, -0.2) is 59.4 Å². The zero-order chi connectivity index (χ0) is 24.3. The van der Waals surface area contributed by atoms with E-state index in [1.807, 2.05) is 41.8 Å². The Hall–Kier alpha value is -3.36. The number of carbonyl (C=O) groups is 3. The molecule has 2 aromatic carbocycles. The predicted octanol–water partition coefficient (Wildman–Crippen LogP) is 3.65. The highest BCUT2D eigenvalue weighted by atomic mass is 32.1. The zero-order valence-corrected chi connectivity index (χ0v) is 20.2. The first-order valence-electron chi connectivity index (χ1n) is 11.9. The summed E-state index contributed by atoms with van der Waals surface area (Å²) in [4.78, 5) is 43.3. The molecule has 3 aromatic rings. The van der Waals surface area contributed by atoms with Crippen LogP contribution in [0.2, 0.25) is 0 Å². The first kappa shape index (κ1) is 23.4. The summed E-state index contributed by atoms with van der Waals surface area (Å²) in [7, 11) is 0. The van der Waals surface area contributed by atoms with E-state index in [1.165, 1.54) is 11.3 Å². The van der Waals surface area contributed by atoms with E-state index in [9.17, 15) is 14.4 Å². The van der Waals surface area contributed by atoms with Crippen molar-refractivity contribution in [2.45, 2.75) is 25.0 Å². The van der Waals surface area contributed by atoms with E-state index in [-0.39, 0.29) is 23.7 Å². The molecule has 4 heterocycles. The molecule has 0 aliphatic carbocycles. The van der Waals surface area contributed by atoms with Crippen LogP contribution in [-0.2, 0) is 9.53 Å². The van der Waals surface area contributed by atoms with Gasteiger partial charge in [-0.15, -0.1) is 11.3 Å². The standard InChI is InChI=1S/C27H27N3O4S/c31-22(26-28-13-16-35-26)17-30-14-11-19(12-15-30)23(18-30)34-27(33)24(20-7-3-1-4-8-20)29-25(32)21-9-5-2-6-10-21/h1-10,13,16,19,23-24H,11-12,14-15,17-18H2/p+1/t19?,23-,24-,30?/m0/s1. The molecule has 1 amide bonds. The first-order valence-corrected chi connectivity index (χ1v) is 12.8. The Morgan fingerprint density at radius 2 is 1.71 bits per heavy atom. The predicted molar refractivity (Wildman–Crippen MR) is 132 cm³/mol. The van der Waals surface area contributed by atoms with E-state index in [2.05, 4.69) is 10.3 Å². The lowest BCUT2D eigenvalue weighted by molar-refractivity contribution is -0.938. The van der Waals surface area contributed by atoms with Crippen molar-refractivity contribution in [1.29, 1.82) is 0 Å². The molecule has 0 radical (unpaired) electrons. The van der Waals surface area contributed by atoms with Crippen molar-refractivity contribution in [1.82, 2.24) is 10.3 Å². The average molecular weight is 491 g/mol. The number of hydrogen-bond acceptors (Lipinski definition) is 6. The van der Waals surface area contributed by atoms with Crippen molar-refractivity contribution in [2.75, 3.05) is 26.2 Å². The number of amides is 1. The molecule has 0 spiro atoms. The van der Waals surface area contributed by atoms with Crippen molar-refractivity contribution < 1.29 is 23.6 Å². The summed E-state index contributed by atoms with van der Waals surface area (Å²) >= 11 is 1.36. The number of rotatable bonds is 8. The SMILES string of the molecule is O=C(N[C@H](C(=O)O[C@H]1C[N+]2(CC(=O)c3nccs3)CCC1CC2)c1ccccc1)c1ccccc1. The van der Waals surface area contributed by atoms with E-state index >= 15 is 0 Å². The van der Waals surface area contributed by atoms with E-state index in [0.717, 1.165) is 25.9 Å². The van der Waals surface area contributed by atoms with Gasteiger partial charge in [0.15, 0.2) is 17.2 Å². The lowest BCUT2D eigenvalue weighted by atomic mass is 9.83. The van der Waals surface area contributed by atoms with Gasteiger partial charge in [0.1, 0.15) is 13.1 Å². The van der Waals surface area contributed by atoms with E-state index in [4.69, 9.17) is 4.74 Å². The number of piperidine rings is 3. The number of hydrogen-bond donors (Lipinski definition) is 1. The van der Waals surface area contributed by atoms with Gasteiger partial charge in [-0.1, -0.05) is 48.5 Å². The summed E-state index contributed by atoms with van der Waals surface area (Å²) in [5.41, 5.74) is 1.15. The van der Waals surface area contributed by atoms with Crippen LogP contribution in [0.15, 0.2) is 72.2 Å². The number of quaternary nitrogens is 1. The molecule has 2 atom stereocenters. The maximum Gasteiger partial charge on any atom is 0.333 e. The molecule has 3 aliphatic rings. The molecule has 0 saturated carbocycles. The molecule has 180 valence electrons. The van der Waals surface area contributed by atoms with Crippen LogP contribution in [0.3, 0.4) is 0 Å². The van der Waals surface area contributed by atoms with Gasteiger partial charge in [-0.3, -0.25) is 9.59 Å². The van der Waals surface area contributed by atoms with Gasteiger partial charge in [-0.05, 0) is 17.7 Å². The van der Waals surface area contributed by atoms with Crippen molar-refractivity contribution in [2.24, 2.45) is 5.92 Å². The van der Waals surface area contributed by atoms with Gasteiger partial charge in [0.05, 0.1) is 13.1 Å². The number of ether oxygens (including phenoxy) is 1. The minimum atomic E-state index is -0.912. The molecule has 1 aromatic heterocycles. The van der Waals surface area contributed by atoms with Gasteiger partial charge in [0.2, 0.25) is 5.78 Å². The van der Waals surface area contributed by atoms with Crippen LogP contribution in [0.1, 0.15) is 44.6 Å². The molecule has 2 bridgehead atoms. The van der Waals surface area contributed by atoms with Gasteiger partial charge in [-0.2, -0.15) is 0 Å². The third-order valence-electron chi connectivity index (χ3n) is 7.14. The summed E-state index contributed by atoms with van der Waals surface area (Å²) in [6, 6.07) is 17.1. The van der Waals surface area contributed by atoms with E-state index in [1.54, 1.807) is 30.5 Å². The van der Waals surface area contributed by atoms with Crippen molar-refractivity contribution >= 4 is 29.0 Å². The van der Waals surface area contributed by atoms with Crippen LogP contribution in [0.4, 0.5) is 0 Å². The molecule has 3 aliphatic heterocycles. The van der Waals surface area contributed by atoms with Crippen molar-refractivity contribution in [3.8, 4) is 0 Å². The minimum absolute atomic E-state index is 0.0442. The highest BCUT2D eigenvalue weighted by molar-refractivity contribution is 7.11. The van der Waals surface area contributed by atoms with Gasteiger partial charge in [-0.25, -0.2) is 9.78 Å². The number of benzene rings is 2. The fourth-order valence-corrected chi connectivity index (χ4v) is 5.82. The molecule has 3 fully saturated rings. The second kappa shape index (κ2) is 10.1. The van der Waals surface area contributed by atoms with E-state index in [0.29, 0.717) is 33.7 Å². The number of nitrogens with zero attached hydrogens (tertiary/aromatic N) is 2. The lowest BCUT2D eigenvalue weighted by Crippen LogP contribution is -2.66. The summed E-state index contributed by atoms with van der Waals surface area (Å²) in [6.45, 7) is 2.80. The van der Waals surface area contributed by atoms with E-state index < -0.39 is 12.0 Å². The van der Waals surface area contributed by atoms with Crippen LogP contribution >= 0.6 is 11.3 Å². The van der Waals surface area contributed by atoms with Crippen molar-refractivity contribution in [3.05, 3.63) is 88.4 Å². The molecule has 3 saturated heterocycles. The molecule has 6 rings (SSSR count). The summed E-state index contributed by atoms with van der Waals surface area (Å²) < 4.78 is 6.71. The largest absolute Gasteiger partial charge is 0.454 e. The molecule has 1 N–H and O–H groups in total. The number of esters is 1. The second-order valence-electron chi connectivity index (χ2n) is 9.39. The van der Waals surface area contributed by atoms with Gasteiger partial charge >= 0.3 is 5.97 Å². The Morgan fingerprint density at radius 1 is 1.03 bits per heavy atom. The first-order chi connectivity index (χ1) is 17.0. The number of thiazole rings is 1. The highest BCUT2D eigenvalue weighted by Crippen LogP contribution is 2.36. The molecule has 35 heavy (non-hydrogen) atoms. The molecule has 8 heteroatoms.